The highest BCUT2D eigenvalue weighted by molar-refractivity contribution is 6.29. The standard InChI is InChI=1S/C18H28N2O4/c1-9-13(5)19(7)15(11-3)23-17(21)18(22)24-16(12-4)20(8)14(6)10-2/h3-4,13-16H,9-10H2,1-2,5-8H3. The average molecular weight is 336 g/mol. The highest BCUT2D eigenvalue weighted by Crippen LogP contribution is 2.10. The van der Waals surface area contributed by atoms with E-state index in [9.17, 15) is 9.59 Å². The summed E-state index contributed by atoms with van der Waals surface area (Å²) in [6, 6.07) is 0.176. The van der Waals surface area contributed by atoms with Crippen molar-refractivity contribution in [3.63, 3.8) is 0 Å². The van der Waals surface area contributed by atoms with Gasteiger partial charge in [-0.15, -0.1) is 12.8 Å². The van der Waals surface area contributed by atoms with Crippen molar-refractivity contribution in [2.75, 3.05) is 14.1 Å². The molecule has 0 saturated carbocycles. The van der Waals surface area contributed by atoms with Gasteiger partial charge in [0.25, 0.3) is 0 Å². The van der Waals surface area contributed by atoms with Crippen LogP contribution < -0.4 is 0 Å². The number of carbonyl (C=O) groups excluding carboxylic acids is 2. The molecule has 0 aromatic heterocycles. The van der Waals surface area contributed by atoms with Gasteiger partial charge in [0.15, 0.2) is 0 Å². The summed E-state index contributed by atoms with van der Waals surface area (Å²) in [5.74, 6) is 2.37. The zero-order valence-corrected chi connectivity index (χ0v) is 15.4. The molecule has 0 heterocycles. The lowest BCUT2D eigenvalue weighted by molar-refractivity contribution is -0.179. The zero-order valence-electron chi connectivity index (χ0n) is 15.4. The van der Waals surface area contributed by atoms with Crippen molar-refractivity contribution in [3.05, 3.63) is 0 Å². The third-order valence-electron chi connectivity index (χ3n) is 4.20. The summed E-state index contributed by atoms with van der Waals surface area (Å²) in [4.78, 5) is 27.2. The molecule has 0 saturated heterocycles. The highest BCUT2D eigenvalue weighted by Gasteiger charge is 2.29. The molecule has 4 atom stereocenters. The van der Waals surface area contributed by atoms with Crippen LogP contribution in [0.1, 0.15) is 40.5 Å². The fourth-order valence-corrected chi connectivity index (χ4v) is 1.81. The first kappa shape index (κ1) is 22.0. The van der Waals surface area contributed by atoms with Gasteiger partial charge in [-0.25, -0.2) is 9.59 Å². The van der Waals surface area contributed by atoms with Crippen LogP contribution in [0, 0.1) is 24.7 Å². The molecule has 6 nitrogen and oxygen atoms in total. The Hall–Kier alpha value is -2.02. The molecular formula is C18H28N2O4. The van der Waals surface area contributed by atoms with Gasteiger partial charge in [-0.3, -0.25) is 9.80 Å². The second kappa shape index (κ2) is 10.7. The number of nitrogens with zero attached hydrogens (tertiary/aromatic N) is 2. The van der Waals surface area contributed by atoms with E-state index in [0.29, 0.717) is 0 Å². The van der Waals surface area contributed by atoms with Gasteiger partial charge in [0.2, 0.25) is 12.5 Å². The summed E-state index contributed by atoms with van der Waals surface area (Å²) in [6.45, 7) is 7.83. The molecule has 0 radical (unpaired) electrons. The predicted octanol–water partition coefficient (Wildman–Crippen LogP) is 1.45. The molecule has 0 aromatic rings. The van der Waals surface area contributed by atoms with Crippen LogP contribution in [-0.2, 0) is 19.1 Å². The van der Waals surface area contributed by atoms with Crippen molar-refractivity contribution < 1.29 is 19.1 Å². The molecule has 0 spiro atoms. The normalized spacial score (nSPS) is 15.8. The van der Waals surface area contributed by atoms with Crippen molar-refractivity contribution in [1.82, 2.24) is 9.80 Å². The summed E-state index contributed by atoms with van der Waals surface area (Å²) in [6.07, 6.45) is 10.5. The first-order chi connectivity index (χ1) is 11.2. The lowest BCUT2D eigenvalue weighted by Gasteiger charge is -2.29. The van der Waals surface area contributed by atoms with Gasteiger partial charge in [0.05, 0.1) is 0 Å². The van der Waals surface area contributed by atoms with Crippen LogP contribution in [0.5, 0.6) is 0 Å². The summed E-state index contributed by atoms with van der Waals surface area (Å²) in [5, 5.41) is 0. The Morgan fingerprint density at radius 2 is 1.17 bits per heavy atom. The second-order valence-electron chi connectivity index (χ2n) is 5.69. The van der Waals surface area contributed by atoms with Crippen molar-refractivity contribution in [3.8, 4) is 24.7 Å². The maximum absolute atomic E-state index is 11.9. The van der Waals surface area contributed by atoms with E-state index in [1.54, 1.807) is 23.9 Å². The topological polar surface area (TPSA) is 59.1 Å². The monoisotopic (exact) mass is 336 g/mol. The van der Waals surface area contributed by atoms with Crippen molar-refractivity contribution in [1.29, 1.82) is 0 Å². The van der Waals surface area contributed by atoms with Gasteiger partial charge in [-0.1, -0.05) is 13.8 Å². The quantitative estimate of drug-likeness (QED) is 0.289. The van der Waals surface area contributed by atoms with Crippen LogP contribution in [-0.4, -0.2) is 60.4 Å². The number of hydrogen-bond acceptors (Lipinski definition) is 6. The number of carbonyl (C=O) groups is 2. The van der Waals surface area contributed by atoms with Gasteiger partial charge >= 0.3 is 11.9 Å². The summed E-state index contributed by atoms with van der Waals surface area (Å²) >= 11 is 0. The Morgan fingerprint density at radius 3 is 1.38 bits per heavy atom. The Morgan fingerprint density at radius 1 is 0.875 bits per heavy atom. The molecule has 0 aliphatic rings. The van der Waals surface area contributed by atoms with Crippen molar-refractivity contribution in [2.24, 2.45) is 0 Å². The van der Waals surface area contributed by atoms with Crippen LogP contribution in [0.3, 0.4) is 0 Å². The van der Waals surface area contributed by atoms with Gasteiger partial charge < -0.3 is 9.47 Å². The van der Waals surface area contributed by atoms with Crippen molar-refractivity contribution in [2.45, 2.75) is 65.1 Å². The first-order valence-corrected chi connectivity index (χ1v) is 8.01. The Labute approximate surface area is 145 Å². The molecule has 0 aliphatic carbocycles. The maximum Gasteiger partial charge on any atom is 0.419 e. The molecule has 0 fully saturated rings. The summed E-state index contributed by atoms with van der Waals surface area (Å²) < 4.78 is 10.1. The van der Waals surface area contributed by atoms with E-state index in [-0.39, 0.29) is 12.1 Å². The molecular weight excluding hydrogens is 308 g/mol. The van der Waals surface area contributed by atoms with Crippen molar-refractivity contribution >= 4 is 11.9 Å². The van der Waals surface area contributed by atoms with Gasteiger partial charge in [0, 0.05) is 12.1 Å². The third-order valence-corrected chi connectivity index (χ3v) is 4.20. The minimum absolute atomic E-state index is 0.0878. The molecule has 24 heavy (non-hydrogen) atoms. The van der Waals surface area contributed by atoms with Crippen LogP contribution >= 0.6 is 0 Å². The Bertz CT molecular complexity index is 460. The molecule has 0 aliphatic heterocycles. The predicted molar refractivity (Wildman–Crippen MR) is 92.5 cm³/mol. The zero-order chi connectivity index (χ0) is 18.9. The van der Waals surface area contributed by atoms with Crippen LogP contribution in [0.15, 0.2) is 0 Å². The number of terminal acetylenes is 2. The van der Waals surface area contributed by atoms with E-state index in [4.69, 9.17) is 22.3 Å². The van der Waals surface area contributed by atoms with E-state index < -0.39 is 24.4 Å². The molecule has 0 amide bonds. The SMILES string of the molecule is C#CC(OC(=O)C(=O)OC(C#C)N(C)C(C)CC)N(C)C(C)CC. The fraction of sp³-hybridized carbons (Fsp3) is 0.667. The minimum Gasteiger partial charge on any atom is -0.426 e. The van der Waals surface area contributed by atoms with E-state index in [2.05, 4.69) is 11.8 Å². The molecule has 6 heteroatoms. The van der Waals surface area contributed by atoms with Gasteiger partial charge in [-0.05, 0) is 52.6 Å². The van der Waals surface area contributed by atoms with E-state index in [0.717, 1.165) is 12.8 Å². The molecule has 0 bridgehead atoms. The second-order valence-corrected chi connectivity index (χ2v) is 5.69. The smallest absolute Gasteiger partial charge is 0.419 e. The summed E-state index contributed by atoms with van der Waals surface area (Å²) in [5.41, 5.74) is 0. The van der Waals surface area contributed by atoms with Gasteiger partial charge in [-0.2, -0.15) is 0 Å². The van der Waals surface area contributed by atoms with E-state index in [1.807, 2.05) is 27.7 Å². The average Bonchev–Trinajstić information content (AvgIpc) is 2.60. The van der Waals surface area contributed by atoms with Crippen LogP contribution in [0.25, 0.3) is 0 Å². The highest BCUT2D eigenvalue weighted by atomic mass is 16.6. The third kappa shape index (κ3) is 6.23. The maximum atomic E-state index is 11.9. The van der Waals surface area contributed by atoms with Gasteiger partial charge in [0.1, 0.15) is 0 Å². The molecule has 134 valence electrons. The van der Waals surface area contributed by atoms with E-state index in [1.165, 1.54) is 0 Å². The lowest BCUT2D eigenvalue weighted by Crippen LogP contribution is -2.44. The Balaban J connectivity index is 4.85. The number of esters is 2. The van der Waals surface area contributed by atoms with Crippen LogP contribution in [0.2, 0.25) is 0 Å². The molecule has 0 aromatic carbocycles. The lowest BCUT2D eigenvalue weighted by atomic mass is 10.2. The summed E-state index contributed by atoms with van der Waals surface area (Å²) in [7, 11) is 3.44. The fourth-order valence-electron chi connectivity index (χ4n) is 1.81. The number of rotatable bonds is 8. The Kier molecular flexibility index (Phi) is 9.80. The molecule has 0 N–H and O–H groups in total. The largest absolute Gasteiger partial charge is 0.426 e. The number of ether oxygens (including phenoxy) is 2. The first-order valence-electron chi connectivity index (χ1n) is 8.01. The number of hydrogen-bond donors (Lipinski definition) is 0. The molecule has 0 rings (SSSR count). The minimum atomic E-state index is -1.16. The van der Waals surface area contributed by atoms with E-state index >= 15 is 0 Å². The van der Waals surface area contributed by atoms with Crippen LogP contribution in [0.4, 0.5) is 0 Å². The molecule has 4 unspecified atom stereocenters.